The van der Waals surface area contributed by atoms with Crippen LogP contribution in [0.2, 0.25) is 5.02 Å². The minimum atomic E-state index is -0.0752. The summed E-state index contributed by atoms with van der Waals surface area (Å²) in [5, 5.41) is 6.68. The minimum absolute atomic E-state index is 0.0456. The molecule has 7 heteroatoms. The zero-order valence-electron chi connectivity index (χ0n) is 13.8. The topological polar surface area (TPSA) is 64.7 Å². The van der Waals surface area contributed by atoms with E-state index in [2.05, 4.69) is 10.6 Å². The van der Waals surface area contributed by atoms with Gasteiger partial charge in [-0.1, -0.05) is 11.6 Å². The summed E-state index contributed by atoms with van der Waals surface area (Å²) in [5.41, 5.74) is 1.38. The first-order valence-corrected chi connectivity index (χ1v) is 8.76. The van der Waals surface area contributed by atoms with Gasteiger partial charge in [0.05, 0.1) is 16.6 Å². The van der Waals surface area contributed by atoms with Crippen molar-refractivity contribution in [2.24, 2.45) is 0 Å². The summed E-state index contributed by atoms with van der Waals surface area (Å²) < 4.78 is 0. The molecule has 2 heterocycles. The van der Waals surface area contributed by atoms with E-state index in [1.807, 2.05) is 18.0 Å². The van der Waals surface area contributed by atoms with Gasteiger partial charge in [-0.05, 0) is 37.6 Å². The van der Waals surface area contributed by atoms with E-state index in [0.717, 1.165) is 25.1 Å². The first-order valence-electron chi connectivity index (χ1n) is 8.39. The smallest absolute Gasteiger partial charge is 0.255 e. The monoisotopic (exact) mass is 350 g/mol. The Kier molecular flexibility index (Phi) is 5.26. The Hall–Kier alpha value is -1.79. The van der Waals surface area contributed by atoms with Crippen LogP contribution in [0, 0.1) is 0 Å². The molecule has 1 aromatic carbocycles. The van der Waals surface area contributed by atoms with Gasteiger partial charge in [0.15, 0.2) is 0 Å². The van der Waals surface area contributed by atoms with Crippen molar-refractivity contribution in [3.8, 4) is 0 Å². The van der Waals surface area contributed by atoms with E-state index >= 15 is 0 Å². The molecule has 2 aliphatic heterocycles. The molecule has 24 heavy (non-hydrogen) atoms. The highest BCUT2D eigenvalue weighted by molar-refractivity contribution is 6.34. The molecule has 0 bridgehead atoms. The van der Waals surface area contributed by atoms with E-state index in [0.29, 0.717) is 36.8 Å². The lowest BCUT2D eigenvalue weighted by Gasteiger charge is -2.36. The Morgan fingerprint density at radius 1 is 1.21 bits per heavy atom. The lowest BCUT2D eigenvalue weighted by molar-refractivity contribution is -0.134. The largest absolute Gasteiger partial charge is 0.388 e. The quantitative estimate of drug-likeness (QED) is 0.865. The van der Waals surface area contributed by atoms with Crippen LogP contribution in [0.5, 0.6) is 0 Å². The Bertz CT molecular complexity index is 623. The third-order valence-corrected chi connectivity index (χ3v) is 5.04. The molecule has 0 unspecified atom stereocenters. The number of hydrogen-bond donors (Lipinski definition) is 2. The zero-order valence-corrected chi connectivity index (χ0v) is 14.6. The lowest BCUT2D eigenvalue weighted by Crippen LogP contribution is -2.54. The fraction of sp³-hybridized carbons (Fsp3) is 0.529. The maximum atomic E-state index is 12.7. The lowest BCUT2D eigenvalue weighted by atomic mass is 10.1. The van der Waals surface area contributed by atoms with Crippen LogP contribution in [0.15, 0.2) is 18.2 Å². The van der Waals surface area contributed by atoms with E-state index < -0.39 is 0 Å². The number of amides is 2. The molecule has 2 N–H and O–H groups in total. The third-order valence-electron chi connectivity index (χ3n) is 4.73. The number of nitrogens with zero attached hydrogens (tertiary/aromatic N) is 2. The molecule has 0 spiro atoms. The van der Waals surface area contributed by atoms with Gasteiger partial charge >= 0.3 is 0 Å². The van der Waals surface area contributed by atoms with Gasteiger partial charge in [-0.25, -0.2) is 0 Å². The number of nitrogens with one attached hydrogen (secondary N) is 2. The fourth-order valence-corrected chi connectivity index (χ4v) is 3.52. The van der Waals surface area contributed by atoms with Crippen molar-refractivity contribution >= 4 is 29.1 Å². The summed E-state index contributed by atoms with van der Waals surface area (Å²) in [4.78, 5) is 28.7. The Morgan fingerprint density at radius 2 is 1.92 bits per heavy atom. The van der Waals surface area contributed by atoms with Crippen LogP contribution in [0.3, 0.4) is 0 Å². The number of anilines is 1. The van der Waals surface area contributed by atoms with Gasteiger partial charge in [-0.3, -0.25) is 9.59 Å². The first kappa shape index (κ1) is 17.0. The Morgan fingerprint density at radius 3 is 2.50 bits per heavy atom. The number of carbonyl (C=O) groups is 2. The maximum Gasteiger partial charge on any atom is 0.255 e. The second-order valence-electron chi connectivity index (χ2n) is 6.21. The Labute approximate surface area is 147 Å². The number of benzene rings is 1. The molecule has 130 valence electrons. The molecule has 0 radical (unpaired) electrons. The molecule has 6 nitrogen and oxygen atoms in total. The average Bonchev–Trinajstić information content (AvgIpc) is 3.15. The summed E-state index contributed by atoms with van der Waals surface area (Å²) in [6.45, 7) is 3.16. The average molecular weight is 351 g/mol. The molecule has 3 rings (SSSR count). The van der Waals surface area contributed by atoms with Gasteiger partial charge in [-0.15, -0.1) is 0 Å². The molecule has 0 aromatic heterocycles. The predicted octanol–water partition coefficient (Wildman–Crippen LogP) is 1.42. The highest BCUT2D eigenvalue weighted by atomic mass is 35.5. The molecule has 1 aromatic rings. The van der Waals surface area contributed by atoms with Crippen LogP contribution in [0.1, 0.15) is 23.2 Å². The summed E-state index contributed by atoms with van der Waals surface area (Å²) in [7, 11) is 1.81. The molecule has 2 fully saturated rings. The van der Waals surface area contributed by atoms with Gasteiger partial charge < -0.3 is 20.4 Å². The minimum Gasteiger partial charge on any atom is -0.388 e. The second-order valence-corrected chi connectivity index (χ2v) is 6.62. The van der Waals surface area contributed by atoms with E-state index in [1.165, 1.54) is 0 Å². The van der Waals surface area contributed by atoms with Crippen molar-refractivity contribution in [1.82, 2.24) is 15.1 Å². The summed E-state index contributed by atoms with van der Waals surface area (Å²) in [5.74, 6) is 0.0877. The van der Waals surface area contributed by atoms with Crippen molar-refractivity contribution < 1.29 is 9.59 Å². The molecule has 2 saturated heterocycles. The maximum absolute atomic E-state index is 12.7. The van der Waals surface area contributed by atoms with Crippen LogP contribution >= 0.6 is 11.6 Å². The molecule has 1 atom stereocenters. The van der Waals surface area contributed by atoms with E-state index in [1.54, 1.807) is 17.0 Å². The standard InChI is InChI=1S/C17H23ClN4O2/c1-19-12-4-5-13(14(18)11-12)16(23)21-7-9-22(10-8-21)17(24)15-3-2-6-20-15/h4-5,11,15,19-20H,2-3,6-10H2,1H3/t15-/m0/s1. The Balaban J connectivity index is 1.60. The highest BCUT2D eigenvalue weighted by Gasteiger charge is 2.30. The number of rotatable bonds is 3. The molecule has 2 amide bonds. The second kappa shape index (κ2) is 7.40. The fourth-order valence-electron chi connectivity index (χ4n) is 3.26. The number of carbonyl (C=O) groups excluding carboxylic acids is 2. The van der Waals surface area contributed by atoms with E-state index in [-0.39, 0.29) is 17.9 Å². The molecule has 2 aliphatic rings. The molecule has 0 saturated carbocycles. The van der Waals surface area contributed by atoms with E-state index in [4.69, 9.17) is 11.6 Å². The number of halogens is 1. The van der Waals surface area contributed by atoms with E-state index in [9.17, 15) is 9.59 Å². The summed E-state index contributed by atoms with van der Waals surface area (Å²) >= 11 is 6.23. The summed E-state index contributed by atoms with van der Waals surface area (Å²) in [6.07, 6.45) is 1.96. The van der Waals surface area contributed by atoms with Crippen molar-refractivity contribution in [3.05, 3.63) is 28.8 Å². The first-order chi connectivity index (χ1) is 11.6. The van der Waals surface area contributed by atoms with Gasteiger partial charge in [0, 0.05) is 38.9 Å². The van der Waals surface area contributed by atoms with Gasteiger partial charge in [0.1, 0.15) is 0 Å². The van der Waals surface area contributed by atoms with Crippen molar-refractivity contribution in [2.45, 2.75) is 18.9 Å². The number of hydrogen-bond acceptors (Lipinski definition) is 4. The number of piperazine rings is 1. The van der Waals surface area contributed by atoms with Gasteiger partial charge in [-0.2, -0.15) is 0 Å². The van der Waals surface area contributed by atoms with Crippen LogP contribution < -0.4 is 10.6 Å². The molecular weight excluding hydrogens is 328 g/mol. The zero-order chi connectivity index (χ0) is 17.1. The van der Waals surface area contributed by atoms with Crippen LogP contribution in [0.25, 0.3) is 0 Å². The predicted molar refractivity (Wildman–Crippen MR) is 94.5 cm³/mol. The van der Waals surface area contributed by atoms with Crippen molar-refractivity contribution in [1.29, 1.82) is 0 Å². The van der Waals surface area contributed by atoms with Gasteiger partial charge in [0.2, 0.25) is 5.91 Å². The van der Waals surface area contributed by atoms with Crippen LogP contribution in [-0.2, 0) is 4.79 Å². The molecular formula is C17H23ClN4O2. The van der Waals surface area contributed by atoms with Crippen molar-refractivity contribution in [3.63, 3.8) is 0 Å². The van der Waals surface area contributed by atoms with Crippen LogP contribution in [-0.4, -0.2) is 67.4 Å². The van der Waals surface area contributed by atoms with Crippen molar-refractivity contribution in [2.75, 3.05) is 45.1 Å². The third kappa shape index (κ3) is 3.49. The summed E-state index contributed by atoms with van der Waals surface area (Å²) in [6, 6.07) is 5.29. The normalized spacial score (nSPS) is 21.0. The SMILES string of the molecule is CNc1ccc(C(=O)N2CCN(C(=O)[C@@H]3CCCN3)CC2)c(Cl)c1. The van der Waals surface area contributed by atoms with Gasteiger partial charge in [0.25, 0.3) is 5.91 Å². The van der Waals surface area contributed by atoms with Crippen LogP contribution in [0.4, 0.5) is 5.69 Å². The highest BCUT2D eigenvalue weighted by Crippen LogP contribution is 2.23. The molecule has 0 aliphatic carbocycles.